The lowest BCUT2D eigenvalue weighted by molar-refractivity contribution is 0.0971. The zero-order chi connectivity index (χ0) is 22.6. The average molecular weight is 509 g/mol. The molecule has 1 atom stereocenters. The number of rotatable bonds is 3. The van der Waals surface area contributed by atoms with Crippen molar-refractivity contribution in [1.29, 1.82) is 0 Å². The van der Waals surface area contributed by atoms with E-state index in [0.29, 0.717) is 27.2 Å². The quantitative estimate of drug-likeness (QED) is 0.305. The number of benzene rings is 3. The fourth-order valence-corrected chi connectivity index (χ4v) is 4.73. The van der Waals surface area contributed by atoms with Crippen LogP contribution in [0.2, 0.25) is 5.02 Å². The lowest BCUT2D eigenvalue weighted by Crippen LogP contribution is -2.29. The zero-order valence-electron chi connectivity index (χ0n) is 17.5. The van der Waals surface area contributed by atoms with Crippen molar-refractivity contribution in [3.63, 3.8) is 0 Å². The van der Waals surface area contributed by atoms with E-state index in [1.807, 2.05) is 43.3 Å². The van der Waals surface area contributed by atoms with E-state index in [-0.39, 0.29) is 17.1 Å². The predicted molar refractivity (Wildman–Crippen MR) is 131 cm³/mol. The minimum atomic E-state index is -0.609. The molecule has 2 heterocycles. The number of anilines is 1. The Morgan fingerprint density at radius 2 is 1.78 bits per heavy atom. The number of hydrogen-bond donors (Lipinski definition) is 0. The van der Waals surface area contributed by atoms with Gasteiger partial charge in [0.1, 0.15) is 5.58 Å². The molecule has 0 radical (unpaired) electrons. The summed E-state index contributed by atoms with van der Waals surface area (Å²) in [6.07, 6.45) is 0.901. The van der Waals surface area contributed by atoms with Crippen LogP contribution in [0.5, 0.6) is 0 Å². The molecule has 32 heavy (non-hydrogen) atoms. The van der Waals surface area contributed by atoms with Crippen LogP contribution in [0.3, 0.4) is 0 Å². The van der Waals surface area contributed by atoms with Gasteiger partial charge in [0.15, 0.2) is 5.43 Å². The number of fused-ring (bicyclic) bond motifs is 2. The Labute approximate surface area is 198 Å². The first-order valence-corrected chi connectivity index (χ1v) is 11.5. The van der Waals surface area contributed by atoms with Gasteiger partial charge in [-0.25, -0.2) is 0 Å². The SMILES string of the molecule is CCc1ccc(C2c3c(oc4ccc(Br)cc4c3=O)C(=O)N2c2ccc(C)c(Cl)c2)cc1. The van der Waals surface area contributed by atoms with Crippen LogP contribution < -0.4 is 10.3 Å². The first-order chi connectivity index (χ1) is 15.4. The smallest absolute Gasteiger partial charge is 0.295 e. The summed E-state index contributed by atoms with van der Waals surface area (Å²) < 4.78 is 6.78. The molecule has 6 heteroatoms. The monoisotopic (exact) mass is 507 g/mol. The summed E-state index contributed by atoms with van der Waals surface area (Å²) >= 11 is 9.82. The Bertz CT molecular complexity index is 1440. The van der Waals surface area contributed by atoms with Gasteiger partial charge in [-0.3, -0.25) is 14.5 Å². The highest BCUT2D eigenvalue weighted by atomic mass is 79.9. The second-order valence-electron chi connectivity index (χ2n) is 7.92. The molecule has 0 bridgehead atoms. The molecule has 4 aromatic rings. The average Bonchev–Trinajstić information content (AvgIpc) is 3.09. The van der Waals surface area contributed by atoms with Gasteiger partial charge in [0, 0.05) is 15.2 Å². The third-order valence-corrected chi connectivity index (χ3v) is 6.87. The van der Waals surface area contributed by atoms with Crippen molar-refractivity contribution in [2.24, 2.45) is 0 Å². The van der Waals surface area contributed by atoms with Crippen molar-refractivity contribution >= 4 is 50.1 Å². The highest BCUT2D eigenvalue weighted by Gasteiger charge is 2.43. The van der Waals surface area contributed by atoms with Gasteiger partial charge < -0.3 is 4.42 Å². The summed E-state index contributed by atoms with van der Waals surface area (Å²) in [5, 5.41) is 0.990. The zero-order valence-corrected chi connectivity index (χ0v) is 19.8. The Morgan fingerprint density at radius 1 is 1.03 bits per heavy atom. The second-order valence-corrected chi connectivity index (χ2v) is 9.24. The van der Waals surface area contributed by atoms with E-state index in [2.05, 4.69) is 22.9 Å². The Kier molecular flexibility index (Phi) is 5.19. The fourth-order valence-electron chi connectivity index (χ4n) is 4.19. The van der Waals surface area contributed by atoms with Crippen LogP contribution in [-0.2, 0) is 6.42 Å². The van der Waals surface area contributed by atoms with E-state index in [0.717, 1.165) is 22.0 Å². The largest absolute Gasteiger partial charge is 0.450 e. The molecule has 4 nitrogen and oxygen atoms in total. The molecule has 160 valence electrons. The number of carbonyl (C=O) groups excluding carboxylic acids is 1. The standard InChI is InChI=1S/C26H19BrClNO3/c1-3-15-5-7-16(8-6-15)23-22-24(30)19-12-17(27)9-11-21(19)32-25(22)26(31)29(23)18-10-4-14(2)20(28)13-18/h4-13,23H,3H2,1-2H3. The maximum atomic E-state index is 13.6. The normalized spacial score (nSPS) is 15.4. The molecule has 1 amide bonds. The second kappa shape index (κ2) is 7.91. The van der Waals surface area contributed by atoms with Crippen molar-refractivity contribution in [1.82, 2.24) is 0 Å². The molecule has 1 aliphatic heterocycles. The number of nitrogens with zero attached hydrogens (tertiary/aromatic N) is 1. The van der Waals surface area contributed by atoms with Crippen LogP contribution in [-0.4, -0.2) is 5.91 Å². The van der Waals surface area contributed by atoms with E-state index < -0.39 is 6.04 Å². The number of amides is 1. The number of halogens is 2. The molecule has 0 saturated carbocycles. The van der Waals surface area contributed by atoms with Gasteiger partial charge in [0.05, 0.1) is 17.0 Å². The molecular weight excluding hydrogens is 490 g/mol. The Hall–Kier alpha value is -2.89. The lowest BCUT2D eigenvalue weighted by atomic mass is 9.97. The first-order valence-electron chi connectivity index (χ1n) is 10.3. The molecule has 0 aliphatic carbocycles. The summed E-state index contributed by atoms with van der Waals surface area (Å²) in [6, 6.07) is 18.1. The van der Waals surface area contributed by atoms with Gasteiger partial charge in [-0.1, -0.05) is 64.8 Å². The van der Waals surface area contributed by atoms with Gasteiger partial charge in [0.2, 0.25) is 5.76 Å². The van der Waals surface area contributed by atoms with Crippen molar-refractivity contribution in [2.45, 2.75) is 26.3 Å². The van der Waals surface area contributed by atoms with E-state index in [1.165, 1.54) is 5.56 Å². The van der Waals surface area contributed by atoms with Crippen LogP contribution in [0.25, 0.3) is 11.0 Å². The highest BCUT2D eigenvalue weighted by molar-refractivity contribution is 9.10. The van der Waals surface area contributed by atoms with Crippen LogP contribution in [0.1, 0.15) is 45.8 Å². The summed E-state index contributed by atoms with van der Waals surface area (Å²) in [4.78, 5) is 28.8. The molecule has 5 rings (SSSR count). The lowest BCUT2D eigenvalue weighted by Gasteiger charge is -2.25. The summed E-state index contributed by atoms with van der Waals surface area (Å²) in [6.45, 7) is 3.99. The third-order valence-electron chi connectivity index (χ3n) is 5.97. The van der Waals surface area contributed by atoms with Gasteiger partial charge >= 0.3 is 0 Å². The van der Waals surface area contributed by atoms with Crippen LogP contribution >= 0.6 is 27.5 Å². The molecular formula is C26H19BrClNO3. The minimum absolute atomic E-state index is 0.0751. The van der Waals surface area contributed by atoms with Crippen molar-refractivity contribution in [2.75, 3.05) is 4.90 Å². The number of hydrogen-bond acceptors (Lipinski definition) is 3. The van der Waals surface area contributed by atoms with Gasteiger partial charge in [0.25, 0.3) is 5.91 Å². The molecule has 3 aromatic carbocycles. The summed E-state index contributed by atoms with van der Waals surface area (Å²) in [5.41, 5.74) is 4.07. The Balaban J connectivity index is 1.80. The topological polar surface area (TPSA) is 50.5 Å². The predicted octanol–water partition coefficient (Wildman–Crippen LogP) is 6.83. The van der Waals surface area contributed by atoms with E-state index in [4.69, 9.17) is 16.0 Å². The number of carbonyl (C=O) groups is 1. The maximum absolute atomic E-state index is 13.6. The molecule has 0 fully saturated rings. The van der Waals surface area contributed by atoms with Crippen molar-refractivity contribution in [3.05, 3.63) is 108 Å². The van der Waals surface area contributed by atoms with Gasteiger partial charge in [-0.2, -0.15) is 0 Å². The van der Waals surface area contributed by atoms with Crippen LogP contribution in [0, 0.1) is 6.92 Å². The third kappa shape index (κ3) is 3.28. The van der Waals surface area contributed by atoms with E-state index in [9.17, 15) is 9.59 Å². The van der Waals surface area contributed by atoms with Gasteiger partial charge in [-0.15, -0.1) is 0 Å². The highest BCUT2D eigenvalue weighted by Crippen LogP contribution is 2.42. The maximum Gasteiger partial charge on any atom is 0.295 e. The number of aryl methyl sites for hydroxylation is 2. The molecule has 0 N–H and O–H groups in total. The molecule has 0 saturated heterocycles. The van der Waals surface area contributed by atoms with E-state index in [1.54, 1.807) is 29.2 Å². The van der Waals surface area contributed by atoms with E-state index >= 15 is 0 Å². The van der Waals surface area contributed by atoms with Crippen LogP contribution in [0.15, 0.2) is 74.3 Å². The molecule has 0 spiro atoms. The summed E-state index contributed by atoms with van der Waals surface area (Å²) in [7, 11) is 0. The Morgan fingerprint density at radius 3 is 2.47 bits per heavy atom. The molecule has 1 unspecified atom stereocenters. The van der Waals surface area contributed by atoms with Crippen molar-refractivity contribution in [3.8, 4) is 0 Å². The van der Waals surface area contributed by atoms with Crippen molar-refractivity contribution < 1.29 is 9.21 Å². The van der Waals surface area contributed by atoms with Gasteiger partial charge in [-0.05, 0) is 60.4 Å². The summed E-state index contributed by atoms with van der Waals surface area (Å²) in [5.74, 6) is -0.280. The molecule has 1 aliphatic rings. The minimum Gasteiger partial charge on any atom is -0.450 e. The molecule has 1 aromatic heterocycles. The first kappa shape index (κ1) is 21.0. The van der Waals surface area contributed by atoms with Crippen LogP contribution in [0.4, 0.5) is 5.69 Å². The fraction of sp³-hybridized carbons (Fsp3) is 0.154.